The SMILES string of the molecule is COCCOC(=O)NC(C(=O)C(C)C)C(C)(C)C. The van der Waals surface area contributed by atoms with Crippen LogP contribution in [0.3, 0.4) is 0 Å². The fourth-order valence-electron chi connectivity index (χ4n) is 1.42. The molecule has 0 aromatic rings. The fraction of sp³-hybridized carbons (Fsp3) is 0.846. The molecule has 0 aliphatic heterocycles. The van der Waals surface area contributed by atoms with Gasteiger partial charge in [0.05, 0.1) is 12.6 Å². The number of ketones is 1. The number of alkyl carbamates (subject to hydrolysis) is 1. The highest BCUT2D eigenvalue weighted by atomic mass is 16.6. The average Bonchev–Trinajstić information content (AvgIpc) is 2.23. The molecular weight excluding hydrogens is 234 g/mol. The van der Waals surface area contributed by atoms with Crippen LogP contribution in [0, 0.1) is 11.3 Å². The summed E-state index contributed by atoms with van der Waals surface area (Å²) in [7, 11) is 1.53. The Labute approximate surface area is 109 Å². The van der Waals surface area contributed by atoms with Crippen molar-refractivity contribution in [2.24, 2.45) is 11.3 Å². The lowest BCUT2D eigenvalue weighted by molar-refractivity contribution is -0.126. The molecule has 1 atom stereocenters. The lowest BCUT2D eigenvalue weighted by atomic mass is 9.81. The van der Waals surface area contributed by atoms with E-state index in [0.717, 1.165) is 0 Å². The molecule has 0 heterocycles. The third-order valence-electron chi connectivity index (χ3n) is 2.50. The van der Waals surface area contributed by atoms with Gasteiger partial charge in [-0.25, -0.2) is 4.79 Å². The maximum Gasteiger partial charge on any atom is 0.407 e. The summed E-state index contributed by atoms with van der Waals surface area (Å²) in [5.74, 6) is -0.125. The van der Waals surface area contributed by atoms with Crippen LogP contribution >= 0.6 is 0 Å². The zero-order valence-corrected chi connectivity index (χ0v) is 12.2. The minimum absolute atomic E-state index is 0.00573. The predicted molar refractivity (Wildman–Crippen MR) is 69.4 cm³/mol. The van der Waals surface area contributed by atoms with Gasteiger partial charge < -0.3 is 14.8 Å². The Hall–Kier alpha value is -1.10. The summed E-state index contributed by atoms with van der Waals surface area (Å²) in [6.45, 7) is 9.88. The predicted octanol–water partition coefficient (Wildman–Crippen LogP) is 2.00. The van der Waals surface area contributed by atoms with Gasteiger partial charge in [-0.1, -0.05) is 34.6 Å². The van der Waals surface area contributed by atoms with Gasteiger partial charge in [0.15, 0.2) is 5.78 Å². The first kappa shape index (κ1) is 16.9. The summed E-state index contributed by atoms with van der Waals surface area (Å²) >= 11 is 0. The highest BCUT2D eigenvalue weighted by Gasteiger charge is 2.34. The second-order valence-corrected chi connectivity index (χ2v) is 5.63. The molecule has 0 aliphatic rings. The van der Waals surface area contributed by atoms with E-state index in [0.29, 0.717) is 6.61 Å². The molecule has 0 bridgehead atoms. The number of methoxy groups -OCH3 is 1. The highest BCUT2D eigenvalue weighted by Crippen LogP contribution is 2.22. The second-order valence-electron chi connectivity index (χ2n) is 5.63. The van der Waals surface area contributed by atoms with Crippen LogP contribution in [0.5, 0.6) is 0 Å². The number of carbonyl (C=O) groups excluding carboxylic acids is 2. The van der Waals surface area contributed by atoms with E-state index in [-0.39, 0.29) is 23.7 Å². The number of carbonyl (C=O) groups is 2. The third kappa shape index (κ3) is 6.00. The molecule has 106 valence electrons. The van der Waals surface area contributed by atoms with Crippen LogP contribution in [0.15, 0.2) is 0 Å². The topological polar surface area (TPSA) is 64.6 Å². The molecule has 0 spiro atoms. The first-order valence-corrected chi connectivity index (χ1v) is 6.16. The van der Waals surface area contributed by atoms with Crippen LogP contribution in [-0.4, -0.2) is 38.2 Å². The first-order chi connectivity index (χ1) is 8.20. The third-order valence-corrected chi connectivity index (χ3v) is 2.50. The van der Waals surface area contributed by atoms with E-state index in [2.05, 4.69) is 5.32 Å². The van der Waals surface area contributed by atoms with Crippen LogP contribution in [0.25, 0.3) is 0 Å². The lowest BCUT2D eigenvalue weighted by Crippen LogP contribution is -2.50. The van der Waals surface area contributed by atoms with Crippen molar-refractivity contribution in [1.29, 1.82) is 0 Å². The van der Waals surface area contributed by atoms with Gasteiger partial charge in [-0.3, -0.25) is 4.79 Å². The molecule has 5 heteroatoms. The Kier molecular flexibility index (Phi) is 6.91. The number of amides is 1. The summed E-state index contributed by atoms with van der Waals surface area (Å²) < 4.78 is 9.69. The average molecular weight is 259 g/mol. The number of ether oxygens (including phenoxy) is 2. The normalized spacial score (nSPS) is 13.3. The van der Waals surface area contributed by atoms with Crippen molar-refractivity contribution in [2.45, 2.75) is 40.7 Å². The molecule has 0 fully saturated rings. The van der Waals surface area contributed by atoms with E-state index in [9.17, 15) is 9.59 Å². The summed E-state index contributed by atoms with van der Waals surface area (Å²) in [5.41, 5.74) is -0.346. The van der Waals surface area contributed by atoms with Gasteiger partial charge in [0, 0.05) is 13.0 Å². The van der Waals surface area contributed by atoms with Gasteiger partial charge in [-0.15, -0.1) is 0 Å². The summed E-state index contributed by atoms with van der Waals surface area (Å²) in [4.78, 5) is 23.6. The maximum absolute atomic E-state index is 12.1. The first-order valence-electron chi connectivity index (χ1n) is 6.16. The van der Waals surface area contributed by atoms with Crippen molar-refractivity contribution in [3.05, 3.63) is 0 Å². The van der Waals surface area contributed by atoms with Crippen molar-refractivity contribution >= 4 is 11.9 Å². The quantitative estimate of drug-likeness (QED) is 0.741. The molecule has 0 saturated carbocycles. The van der Waals surface area contributed by atoms with Gasteiger partial charge in [-0.2, -0.15) is 0 Å². The molecule has 0 aromatic carbocycles. The molecule has 0 saturated heterocycles. The fourth-order valence-corrected chi connectivity index (χ4v) is 1.42. The smallest absolute Gasteiger partial charge is 0.407 e. The largest absolute Gasteiger partial charge is 0.447 e. The van der Waals surface area contributed by atoms with E-state index >= 15 is 0 Å². The molecule has 0 rings (SSSR count). The molecule has 0 aliphatic carbocycles. The van der Waals surface area contributed by atoms with Crippen LogP contribution in [0.4, 0.5) is 4.79 Å². The molecule has 5 nitrogen and oxygen atoms in total. The van der Waals surface area contributed by atoms with Crippen molar-refractivity contribution < 1.29 is 19.1 Å². The maximum atomic E-state index is 12.1. The summed E-state index contributed by atoms with van der Waals surface area (Å²) in [6.07, 6.45) is -0.582. The van der Waals surface area contributed by atoms with Crippen LogP contribution in [0.2, 0.25) is 0 Å². The van der Waals surface area contributed by atoms with Crippen molar-refractivity contribution in [2.75, 3.05) is 20.3 Å². The number of rotatable bonds is 6. The number of hydrogen-bond donors (Lipinski definition) is 1. The Balaban J connectivity index is 4.52. The van der Waals surface area contributed by atoms with E-state index in [1.54, 1.807) is 0 Å². The van der Waals surface area contributed by atoms with Crippen LogP contribution in [0.1, 0.15) is 34.6 Å². The van der Waals surface area contributed by atoms with Gasteiger partial charge in [0.1, 0.15) is 6.61 Å². The van der Waals surface area contributed by atoms with E-state index in [4.69, 9.17) is 9.47 Å². The molecule has 1 amide bonds. The summed E-state index contributed by atoms with van der Waals surface area (Å²) in [6, 6.07) is -0.549. The highest BCUT2D eigenvalue weighted by molar-refractivity contribution is 5.89. The van der Waals surface area contributed by atoms with Gasteiger partial charge in [-0.05, 0) is 5.41 Å². The van der Waals surface area contributed by atoms with Gasteiger partial charge >= 0.3 is 6.09 Å². The molecule has 0 radical (unpaired) electrons. The van der Waals surface area contributed by atoms with Gasteiger partial charge in [0.2, 0.25) is 0 Å². The Morgan fingerprint density at radius 2 is 1.72 bits per heavy atom. The Morgan fingerprint density at radius 3 is 2.11 bits per heavy atom. The Morgan fingerprint density at radius 1 is 1.17 bits per heavy atom. The van der Waals surface area contributed by atoms with Crippen molar-refractivity contribution in [3.8, 4) is 0 Å². The standard InChI is InChI=1S/C13H25NO4/c1-9(2)10(15)11(13(3,4)5)14-12(16)18-8-7-17-6/h9,11H,7-8H2,1-6H3,(H,14,16). The minimum Gasteiger partial charge on any atom is -0.447 e. The van der Waals surface area contributed by atoms with Crippen LogP contribution in [-0.2, 0) is 14.3 Å². The molecular formula is C13H25NO4. The van der Waals surface area contributed by atoms with Crippen molar-refractivity contribution in [1.82, 2.24) is 5.32 Å². The zero-order chi connectivity index (χ0) is 14.3. The van der Waals surface area contributed by atoms with E-state index < -0.39 is 12.1 Å². The molecule has 1 unspecified atom stereocenters. The minimum atomic E-state index is -0.582. The molecule has 18 heavy (non-hydrogen) atoms. The number of Topliss-reactive ketones (excluding diaryl/α,β-unsaturated/α-hetero) is 1. The zero-order valence-electron chi connectivity index (χ0n) is 12.2. The number of nitrogens with one attached hydrogen (secondary N) is 1. The number of hydrogen-bond acceptors (Lipinski definition) is 4. The summed E-state index contributed by atoms with van der Waals surface area (Å²) in [5, 5.41) is 2.63. The Bertz CT molecular complexity index is 281. The molecule has 1 N–H and O–H groups in total. The van der Waals surface area contributed by atoms with Crippen LogP contribution < -0.4 is 5.32 Å². The lowest BCUT2D eigenvalue weighted by Gasteiger charge is -2.31. The van der Waals surface area contributed by atoms with E-state index in [1.807, 2.05) is 34.6 Å². The monoisotopic (exact) mass is 259 g/mol. The van der Waals surface area contributed by atoms with Gasteiger partial charge in [0.25, 0.3) is 0 Å². The van der Waals surface area contributed by atoms with Crippen molar-refractivity contribution in [3.63, 3.8) is 0 Å². The van der Waals surface area contributed by atoms with E-state index in [1.165, 1.54) is 7.11 Å². The molecule has 0 aromatic heterocycles. The second kappa shape index (κ2) is 7.36.